The van der Waals surface area contributed by atoms with E-state index in [0.29, 0.717) is 51.4 Å². The van der Waals surface area contributed by atoms with Gasteiger partial charge in [0, 0.05) is 51.4 Å². The molecule has 1 saturated heterocycles. The van der Waals surface area contributed by atoms with E-state index in [0.717, 1.165) is 11.1 Å². The van der Waals surface area contributed by atoms with Crippen molar-refractivity contribution in [1.29, 1.82) is 0 Å². The van der Waals surface area contributed by atoms with Crippen LogP contribution in [-0.4, -0.2) is 65.9 Å². The van der Waals surface area contributed by atoms with Crippen molar-refractivity contribution in [2.45, 2.75) is 13.5 Å². The van der Waals surface area contributed by atoms with Crippen molar-refractivity contribution in [2.75, 3.05) is 44.6 Å². The highest BCUT2D eigenvalue weighted by atomic mass is 19.1. The molecule has 0 atom stereocenters. The molecule has 3 aromatic rings. The number of aryl methyl sites for hydroxylation is 1. The third-order valence-corrected chi connectivity index (χ3v) is 6.33. The molecule has 188 valence electrons. The molecule has 0 unspecified atom stereocenters. The van der Waals surface area contributed by atoms with Gasteiger partial charge in [-0.3, -0.25) is 9.69 Å². The van der Waals surface area contributed by atoms with E-state index in [4.69, 9.17) is 0 Å². The summed E-state index contributed by atoms with van der Waals surface area (Å²) in [6.07, 6.45) is 0. The first kappa shape index (κ1) is 25.3. The highest BCUT2D eigenvalue weighted by Gasteiger charge is 2.23. The molecule has 1 heterocycles. The Bertz CT molecular complexity index is 1180. The van der Waals surface area contributed by atoms with Crippen LogP contribution in [0, 0.1) is 18.6 Å². The van der Waals surface area contributed by atoms with Crippen LogP contribution in [0.1, 0.15) is 21.5 Å². The molecule has 0 radical (unpaired) electrons. The Kier molecular flexibility index (Phi) is 8.28. The minimum atomic E-state index is -0.469. The zero-order valence-corrected chi connectivity index (χ0v) is 20.3. The van der Waals surface area contributed by atoms with Crippen molar-refractivity contribution >= 4 is 17.6 Å². The number of amides is 3. The van der Waals surface area contributed by atoms with Crippen LogP contribution in [0.25, 0.3) is 0 Å². The Morgan fingerprint density at radius 2 is 1.56 bits per heavy atom. The Labute approximate surface area is 210 Å². The summed E-state index contributed by atoms with van der Waals surface area (Å²) in [6, 6.07) is 19.4. The van der Waals surface area contributed by atoms with Gasteiger partial charge in [-0.15, -0.1) is 0 Å². The number of hydrogen-bond donors (Lipinski definition) is 1. The molecular weight excluding hydrogens is 462 g/mol. The van der Waals surface area contributed by atoms with E-state index in [1.807, 2.05) is 31.2 Å². The number of hydrogen-bond acceptors (Lipinski definition) is 3. The van der Waals surface area contributed by atoms with Gasteiger partial charge in [0.05, 0.1) is 5.69 Å². The predicted molar refractivity (Wildman–Crippen MR) is 136 cm³/mol. The molecule has 1 fully saturated rings. The second kappa shape index (κ2) is 11.8. The van der Waals surface area contributed by atoms with E-state index in [9.17, 15) is 18.4 Å². The van der Waals surface area contributed by atoms with Crippen LogP contribution < -0.4 is 5.32 Å². The van der Waals surface area contributed by atoms with E-state index in [1.165, 1.54) is 24.3 Å². The second-order valence-corrected chi connectivity index (χ2v) is 8.96. The number of carbonyl (C=O) groups is 2. The Morgan fingerprint density at radius 3 is 2.22 bits per heavy atom. The standard InChI is InChI=1S/C28H30F2N4O2/c1-21-6-10-23(11-7-21)27(35)34(20-22-8-12-24(29)13-9-22)19-16-32-14-17-33(18-15-32)28(36)31-26-5-3-2-4-25(26)30/h2-13H,14-20H2,1H3,(H,31,36). The number of para-hydroxylation sites is 1. The van der Waals surface area contributed by atoms with Crippen LogP contribution in [0.4, 0.5) is 19.3 Å². The Balaban J connectivity index is 1.34. The molecule has 0 aromatic heterocycles. The third-order valence-electron chi connectivity index (χ3n) is 6.33. The molecule has 0 spiro atoms. The summed E-state index contributed by atoms with van der Waals surface area (Å²) in [4.78, 5) is 31.5. The molecule has 1 N–H and O–H groups in total. The van der Waals surface area contributed by atoms with Crippen LogP contribution in [0.15, 0.2) is 72.8 Å². The molecule has 4 rings (SSSR count). The zero-order chi connectivity index (χ0) is 25.5. The summed E-state index contributed by atoms with van der Waals surface area (Å²) in [6.45, 7) is 5.78. The topological polar surface area (TPSA) is 55.9 Å². The number of urea groups is 1. The molecule has 1 aliphatic rings. The Hall–Kier alpha value is -3.78. The number of piperazine rings is 1. The lowest BCUT2D eigenvalue weighted by Gasteiger charge is -2.36. The van der Waals surface area contributed by atoms with Crippen LogP contribution in [-0.2, 0) is 6.54 Å². The molecule has 1 aliphatic heterocycles. The summed E-state index contributed by atoms with van der Waals surface area (Å²) in [5, 5.41) is 2.63. The number of benzene rings is 3. The first-order chi connectivity index (χ1) is 17.4. The maximum absolute atomic E-state index is 13.8. The fourth-order valence-electron chi connectivity index (χ4n) is 4.13. The lowest BCUT2D eigenvalue weighted by Crippen LogP contribution is -2.51. The molecular formula is C28H30F2N4O2. The summed E-state index contributed by atoms with van der Waals surface area (Å²) in [7, 11) is 0. The highest BCUT2D eigenvalue weighted by Crippen LogP contribution is 2.15. The summed E-state index contributed by atoms with van der Waals surface area (Å²) in [5.74, 6) is -0.863. The number of nitrogens with zero attached hydrogens (tertiary/aromatic N) is 3. The molecule has 3 aromatic carbocycles. The van der Waals surface area contributed by atoms with Crippen molar-refractivity contribution in [1.82, 2.24) is 14.7 Å². The van der Waals surface area contributed by atoms with Crippen LogP contribution >= 0.6 is 0 Å². The molecule has 3 amide bonds. The van der Waals surface area contributed by atoms with Crippen molar-refractivity contribution in [2.24, 2.45) is 0 Å². The monoisotopic (exact) mass is 492 g/mol. The second-order valence-electron chi connectivity index (χ2n) is 8.96. The number of carbonyl (C=O) groups excluding carboxylic acids is 2. The van der Waals surface area contributed by atoms with Gasteiger partial charge >= 0.3 is 6.03 Å². The highest BCUT2D eigenvalue weighted by molar-refractivity contribution is 5.94. The van der Waals surface area contributed by atoms with Crippen molar-refractivity contribution in [3.05, 3.63) is 101 Å². The van der Waals surface area contributed by atoms with Gasteiger partial charge in [-0.05, 0) is 48.9 Å². The SMILES string of the molecule is Cc1ccc(C(=O)N(CCN2CCN(C(=O)Nc3ccccc3F)CC2)Cc2ccc(F)cc2)cc1. The van der Waals surface area contributed by atoms with Gasteiger partial charge in [0.15, 0.2) is 0 Å². The molecule has 36 heavy (non-hydrogen) atoms. The minimum absolute atomic E-state index is 0.0813. The van der Waals surface area contributed by atoms with Crippen molar-refractivity contribution < 1.29 is 18.4 Å². The third kappa shape index (κ3) is 6.66. The molecule has 8 heteroatoms. The lowest BCUT2D eigenvalue weighted by molar-refractivity contribution is 0.0704. The van der Waals surface area contributed by atoms with Gasteiger partial charge in [-0.1, -0.05) is 42.0 Å². The van der Waals surface area contributed by atoms with Crippen molar-refractivity contribution in [3.63, 3.8) is 0 Å². The fraction of sp³-hybridized carbons (Fsp3) is 0.286. The maximum Gasteiger partial charge on any atom is 0.322 e. The van der Waals surface area contributed by atoms with Gasteiger partial charge in [0.2, 0.25) is 0 Å². The van der Waals surface area contributed by atoms with Gasteiger partial charge in [-0.2, -0.15) is 0 Å². The minimum Gasteiger partial charge on any atom is -0.333 e. The van der Waals surface area contributed by atoms with Gasteiger partial charge in [0.1, 0.15) is 11.6 Å². The number of anilines is 1. The summed E-state index contributed by atoms with van der Waals surface area (Å²) < 4.78 is 27.2. The quantitative estimate of drug-likeness (QED) is 0.517. The Morgan fingerprint density at radius 1 is 0.889 bits per heavy atom. The van der Waals surface area contributed by atoms with Crippen LogP contribution in [0.5, 0.6) is 0 Å². The number of halogens is 2. The average molecular weight is 493 g/mol. The molecule has 0 aliphatic carbocycles. The van der Waals surface area contributed by atoms with Crippen molar-refractivity contribution in [3.8, 4) is 0 Å². The summed E-state index contributed by atoms with van der Waals surface area (Å²) in [5.41, 5.74) is 2.70. The molecule has 0 bridgehead atoms. The van der Waals surface area contributed by atoms with E-state index in [-0.39, 0.29) is 23.4 Å². The van der Waals surface area contributed by atoms with E-state index in [1.54, 1.807) is 34.1 Å². The fourth-order valence-corrected chi connectivity index (χ4v) is 4.13. The zero-order valence-electron chi connectivity index (χ0n) is 20.3. The normalized spacial score (nSPS) is 13.9. The largest absolute Gasteiger partial charge is 0.333 e. The van der Waals surface area contributed by atoms with Crippen LogP contribution in [0.2, 0.25) is 0 Å². The van der Waals surface area contributed by atoms with Gasteiger partial charge in [0.25, 0.3) is 5.91 Å². The van der Waals surface area contributed by atoms with Crippen LogP contribution in [0.3, 0.4) is 0 Å². The maximum atomic E-state index is 13.8. The smallest absolute Gasteiger partial charge is 0.322 e. The predicted octanol–water partition coefficient (Wildman–Crippen LogP) is 4.77. The average Bonchev–Trinajstić information content (AvgIpc) is 2.89. The summed E-state index contributed by atoms with van der Waals surface area (Å²) >= 11 is 0. The van der Waals surface area contributed by atoms with E-state index >= 15 is 0 Å². The molecule has 0 saturated carbocycles. The first-order valence-corrected chi connectivity index (χ1v) is 12.0. The van der Waals surface area contributed by atoms with E-state index < -0.39 is 5.82 Å². The molecule has 6 nitrogen and oxygen atoms in total. The van der Waals surface area contributed by atoms with E-state index in [2.05, 4.69) is 10.2 Å². The number of nitrogens with one attached hydrogen (secondary N) is 1. The lowest BCUT2D eigenvalue weighted by atomic mass is 10.1. The first-order valence-electron chi connectivity index (χ1n) is 12.0. The van der Waals surface area contributed by atoms with Gasteiger partial charge in [-0.25, -0.2) is 13.6 Å². The van der Waals surface area contributed by atoms with Gasteiger partial charge < -0.3 is 15.1 Å². The number of rotatable bonds is 7.